The quantitative estimate of drug-likeness (QED) is 0.163. The van der Waals surface area contributed by atoms with Crippen LogP contribution in [-0.4, -0.2) is 27.3 Å². The van der Waals surface area contributed by atoms with E-state index in [0.29, 0.717) is 5.69 Å². The number of hydrogen-bond donors (Lipinski definition) is 3. The molecule has 0 fully saturated rings. The number of nitrogens with one attached hydrogen (secondary N) is 3. The van der Waals surface area contributed by atoms with Crippen molar-refractivity contribution in [3.05, 3.63) is 59.1 Å². The molecule has 0 aliphatic rings. The molecule has 0 saturated heterocycles. The molecule has 0 aliphatic heterocycles. The summed E-state index contributed by atoms with van der Waals surface area (Å²) in [7, 11) is 0. The van der Waals surface area contributed by atoms with E-state index in [1.807, 2.05) is 0 Å². The van der Waals surface area contributed by atoms with E-state index >= 15 is 0 Å². The van der Waals surface area contributed by atoms with Crippen LogP contribution in [0, 0.1) is 17.3 Å². The first-order valence-corrected chi connectivity index (χ1v) is 8.88. The summed E-state index contributed by atoms with van der Waals surface area (Å²) in [5, 5.41) is 16.9. The number of aliphatic imine (C=N–C) groups is 1. The number of guanidine groups is 1. The van der Waals surface area contributed by atoms with Crippen LogP contribution in [0.5, 0.6) is 0 Å². The van der Waals surface area contributed by atoms with Gasteiger partial charge in [0, 0.05) is 5.56 Å². The first-order valence-electron chi connectivity index (χ1n) is 7.75. The number of rotatable bonds is 5. The molecule has 1 aromatic carbocycles. The van der Waals surface area contributed by atoms with Crippen molar-refractivity contribution in [3.63, 3.8) is 0 Å². The average molecular weight is 444 g/mol. The van der Waals surface area contributed by atoms with Gasteiger partial charge in [-0.3, -0.25) is 10.1 Å². The van der Waals surface area contributed by atoms with Crippen LogP contribution in [0.4, 0.5) is 10.1 Å². The number of nitrogens with zero attached hydrogens (tertiary/aromatic N) is 3. The summed E-state index contributed by atoms with van der Waals surface area (Å²) >= 11 is 18.0. The highest BCUT2D eigenvalue weighted by atomic mass is 35.5. The van der Waals surface area contributed by atoms with Gasteiger partial charge in [-0.15, -0.1) is 0 Å². The van der Waals surface area contributed by atoms with E-state index in [4.69, 9.17) is 40.1 Å². The molecule has 11 heteroatoms. The summed E-state index contributed by atoms with van der Waals surface area (Å²) in [6.45, 7) is 1.42. The van der Waals surface area contributed by atoms with Crippen LogP contribution in [0.2, 0.25) is 5.15 Å². The molecule has 0 bridgehead atoms. The Kier molecular flexibility index (Phi) is 7.40. The Morgan fingerprint density at radius 2 is 1.96 bits per heavy atom. The molecule has 1 heterocycles. The molecular formula is C17H14Cl3FN6O. The lowest BCUT2D eigenvalue weighted by Gasteiger charge is -2.25. The highest BCUT2D eigenvalue weighted by Gasteiger charge is 2.32. The lowest BCUT2D eigenvalue weighted by atomic mass is 10.2. The van der Waals surface area contributed by atoms with Gasteiger partial charge in [0.1, 0.15) is 11.0 Å². The maximum atomic E-state index is 13.0. The van der Waals surface area contributed by atoms with E-state index in [0.717, 1.165) is 12.1 Å². The van der Waals surface area contributed by atoms with E-state index < -0.39 is 22.2 Å². The Bertz CT molecular complexity index is 891. The number of halogens is 4. The predicted molar refractivity (Wildman–Crippen MR) is 107 cm³/mol. The minimum Gasteiger partial charge on any atom is -0.328 e. The smallest absolute Gasteiger partial charge is 0.253 e. The van der Waals surface area contributed by atoms with Crippen molar-refractivity contribution in [2.45, 2.75) is 17.4 Å². The molecule has 2 aromatic rings. The minimum absolute atomic E-state index is 0.0384. The second-order valence-corrected chi connectivity index (χ2v) is 7.70. The fourth-order valence-corrected chi connectivity index (χ4v) is 2.26. The fourth-order valence-electron chi connectivity index (χ4n) is 1.95. The highest BCUT2D eigenvalue weighted by Crippen LogP contribution is 2.26. The van der Waals surface area contributed by atoms with Gasteiger partial charge in [0.05, 0.1) is 11.9 Å². The third kappa shape index (κ3) is 6.53. The van der Waals surface area contributed by atoms with Gasteiger partial charge < -0.3 is 10.6 Å². The van der Waals surface area contributed by atoms with E-state index in [2.05, 4.69) is 25.9 Å². The van der Waals surface area contributed by atoms with Crippen LogP contribution < -0.4 is 16.0 Å². The van der Waals surface area contributed by atoms with Crippen LogP contribution in [-0.2, 0) is 0 Å². The number of alkyl halides is 2. The molecule has 3 N–H and O–H groups in total. The number of aromatic nitrogens is 1. The van der Waals surface area contributed by atoms with E-state index in [9.17, 15) is 9.18 Å². The molecule has 1 amide bonds. The molecule has 0 saturated carbocycles. The van der Waals surface area contributed by atoms with E-state index in [1.165, 1.54) is 31.3 Å². The Morgan fingerprint density at radius 1 is 1.29 bits per heavy atom. The number of carbonyl (C=O) groups excluding carboxylic acids is 1. The van der Waals surface area contributed by atoms with Crippen molar-refractivity contribution in [2.75, 3.05) is 5.32 Å². The SMILES string of the molecule is CC(Cl)(Cl)C(/N=C(/NC#N)Nc1ccc(Cl)nc1)NC(=O)c1ccc(F)cc1. The van der Waals surface area contributed by atoms with E-state index in [1.54, 1.807) is 12.3 Å². The van der Waals surface area contributed by atoms with Gasteiger partial charge in [0.25, 0.3) is 5.91 Å². The van der Waals surface area contributed by atoms with Gasteiger partial charge >= 0.3 is 0 Å². The van der Waals surface area contributed by atoms with Crippen molar-refractivity contribution in [2.24, 2.45) is 4.99 Å². The molecule has 1 aromatic heterocycles. The second kappa shape index (κ2) is 9.55. The van der Waals surface area contributed by atoms with Crippen LogP contribution in [0.3, 0.4) is 0 Å². The Balaban J connectivity index is 2.25. The topological polar surface area (TPSA) is 102 Å². The molecule has 1 atom stereocenters. The third-order valence-corrected chi connectivity index (χ3v) is 3.91. The van der Waals surface area contributed by atoms with Gasteiger partial charge in [-0.1, -0.05) is 34.8 Å². The fraction of sp³-hybridized carbons (Fsp3) is 0.176. The maximum absolute atomic E-state index is 13.0. The van der Waals surface area contributed by atoms with Crippen LogP contribution in [0.25, 0.3) is 0 Å². The number of hydrogen-bond acceptors (Lipinski definition) is 4. The summed E-state index contributed by atoms with van der Waals surface area (Å²) in [5.74, 6) is -1.10. The zero-order valence-electron chi connectivity index (χ0n) is 14.4. The number of pyridine rings is 1. The first kappa shape index (κ1) is 21.7. The molecule has 2 rings (SSSR count). The molecule has 146 valence electrons. The van der Waals surface area contributed by atoms with Crippen LogP contribution in [0.15, 0.2) is 47.6 Å². The zero-order valence-corrected chi connectivity index (χ0v) is 16.6. The number of amides is 1. The number of carbonyl (C=O) groups is 1. The largest absolute Gasteiger partial charge is 0.328 e. The van der Waals surface area contributed by atoms with Gasteiger partial charge in [-0.25, -0.2) is 14.4 Å². The van der Waals surface area contributed by atoms with Gasteiger partial charge in [-0.2, -0.15) is 5.26 Å². The molecule has 0 spiro atoms. The molecule has 1 unspecified atom stereocenters. The monoisotopic (exact) mass is 442 g/mol. The zero-order chi connectivity index (χ0) is 20.7. The standard InChI is InChI=1S/C17H14Cl3FN6O/c1-17(19,20)15(26-14(28)10-2-4-11(21)5-3-10)27-16(24-9-22)25-12-6-7-13(18)23-8-12/h2-8,15H,1H3,(H,26,28)(H2,24,25,27). The Morgan fingerprint density at radius 3 is 2.50 bits per heavy atom. The van der Waals surface area contributed by atoms with Crippen LogP contribution in [0.1, 0.15) is 17.3 Å². The van der Waals surface area contributed by atoms with Crippen LogP contribution >= 0.6 is 34.8 Å². The summed E-state index contributed by atoms with van der Waals surface area (Å²) < 4.78 is 11.5. The van der Waals surface area contributed by atoms with Crippen molar-refractivity contribution in [1.29, 1.82) is 5.26 Å². The minimum atomic E-state index is -1.53. The predicted octanol–water partition coefficient (Wildman–Crippen LogP) is 3.66. The number of benzene rings is 1. The summed E-state index contributed by atoms with van der Waals surface area (Å²) in [6.07, 6.45) is 1.98. The van der Waals surface area contributed by atoms with E-state index in [-0.39, 0.29) is 16.7 Å². The molecule has 7 nitrogen and oxygen atoms in total. The molecule has 0 radical (unpaired) electrons. The molecule has 0 aliphatic carbocycles. The third-order valence-electron chi connectivity index (χ3n) is 3.28. The van der Waals surface area contributed by atoms with Crippen molar-refractivity contribution < 1.29 is 9.18 Å². The lowest BCUT2D eigenvalue weighted by Crippen LogP contribution is -2.45. The number of anilines is 1. The normalized spacial score (nSPS) is 12.6. The highest BCUT2D eigenvalue weighted by molar-refractivity contribution is 6.48. The average Bonchev–Trinajstić information content (AvgIpc) is 2.63. The lowest BCUT2D eigenvalue weighted by molar-refractivity contribution is 0.0935. The van der Waals surface area contributed by atoms with Crippen molar-refractivity contribution in [3.8, 4) is 6.19 Å². The summed E-state index contributed by atoms with van der Waals surface area (Å²) in [6, 6.07) is 8.04. The Labute approximate surface area is 175 Å². The van der Waals surface area contributed by atoms with Gasteiger partial charge in [-0.05, 0) is 43.3 Å². The van der Waals surface area contributed by atoms with Crippen molar-refractivity contribution in [1.82, 2.24) is 15.6 Å². The second-order valence-electron chi connectivity index (χ2n) is 5.55. The summed E-state index contributed by atoms with van der Waals surface area (Å²) in [5.41, 5.74) is 0.657. The van der Waals surface area contributed by atoms with Crippen molar-refractivity contribution >= 4 is 52.4 Å². The van der Waals surface area contributed by atoms with Gasteiger partial charge in [0.2, 0.25) is 5.96 Å². The molecule has 28 heavy (non-hydrogen) atoms. The number of nitriles is 1. The first-order chi connectivity index (χ1) is 13.2. The Hall–Kier alpha value is -2.60. The maximum Gasteiger partial charge on any atom is 0.253 e. The van der Waals surface area contributed by atoms with Gasteiger partial charge in [0.15, 0.2) is 16.7 Å². The molecular weight excluding hydrogens is 430 g/mol. The summed E-state index contributed by atoms with van der Waals surface area (Å²) in [4.78, 5) is 20.5.